The summed E-state index contributed by atoms with van der Waals surface area (Å²) in [5.41, 5.74) is 2.75. The first-order valence-electron chi connectivity index (χ1n) is 5.96. The fourth-order valence-corrected chi connectivity index (χ4v) is 1.71. The lowest BCUT2D eigenvalue weighted by Crippen LogP contribution is -2.34. The Labute approximate surface area is 112 Å². The fourth-order valence-electron chi connectivity index (χ4n) is 1.71. The lowest BCUT2D eigenvalue weighted by Gasteiger charge is -2.13. The van der Waals surface area contributed by atoms with E-state index in [1.54, 1.807) is 31.2 Å². The molecule has 0 bridgehead atoms. The predicted octanol–water partition coefficient (Wildman–Crippen LogP) is 1.25. The summed E-state index contributed by atoms with van der Waals surface area (Å²) in [6, 6.07) is 3.68. The molecule has 1 N–H and O–H groups in total. The van der Waals surface area contributed by atoms with Crippen molar-refractivity contribution in [3.8, 4) is 11.3 Å². The average Bonchev–Trinajstić information content (AvgIpc) is 2.82. The molecule has 0 spiro atoms. The molecular weight excluding hydrogens is 242 g/mol. The van der Waals surface area contributed by atoms with E-state index >= 15 is 0 Å². The topological polar surface area (TPSA) is 63.1 Å². The van der Waals surface area contributed by atoms with E-state index in [2.05, 4.69) is 15.4 Å². The van der Waals surface area contributed by atoms with E-state index in [-0.39, 0.29) is 6.03 Å². The zero-order valence-corrected chi connectivity index (χ0v) is 11.3. The molecule has 2 rings (SSSR count). The Bertz CT molecular complexity index is 576. The van der Waals surface area contributed by atoms with Crippen LogP contribution in [0.2, 0.25) is 0 Å². The van der Waals surface area contributed by atoms with Gasteiger partial charge in [0.25, 0.3) is 0 Å². The van der Waals surface area contributed by atoms with Crippen LogP contribution in [-0.4, -0.2) is 39.8 Å². The first kappa shape index (κ1) is 13.1. The minimum absolute atomic E-state index is 0.124. The molecule has 2 heterocycles. The zero-order valence-electron chi connectivity index (χ0n) is 11.3. The minimum atomic E-state index is -0.124. The number of aryl methyl sites for hydroxylation is 1. The number of hydrogen-bond acceptors (Lipinski definition) is 3. The molecular formula is C13H17N5O. The average molecular weight is 259 g/mol. The van der Waals surface area contributed by atoms with Crippen molar-refractivity contribution >= 4 is 6.03 Å². The van der Waals surface area contributed by atoms with Crippen molar-refractivity contribution in [1.29, 1.82) is 0 Å². The fraction of sp³-hybridized carbons (Fsp3) is 0.308. The highest BCUT2D eigenvalue weighted by atomic mass is 16.2. The molecule has 0 aliphatic heterocycles. The molecule has 0 saturated heterocycles. The first-order chi connectivity index (χ1) is 9.08. The molecule has 6 nitrogen and oxygen atoms in total. The summed E-state index contributed by atoms with van der Waals surface area (Å²) < 4.78 is 1.73. The van der Waals surface area contributed by atoms with Crippen LogP contribution in [0, 0.1) is 0 Å². The number of urea groups is 1. The monoisotopic (exact) mass is 259 g/mol. The van der Waals surface area contributed by atoms with Crippen molar-refractivity contribution in [3.63, 3.8) is 0 Å². The summed E-state index contributed by atoms with van der Waals surface area (Å²) in [4.78, 5) is 17.4. The SMILES string of the molecule is CN(C)C(=O)NCc1cccnc1-c1cnn(C)c1. The molecule has 0 atom stereocenters. The van der Waals surface area contributed by atoms with Crippen molar-refractivity contribution in [1.82, 2.24) is 25.0 Å². The largest absolute Gasteiger partial charge is 0.334 e. The maximum absolute atomic E-state index is 11.5. The molecule has 0 fully saturated rings. The van der Waals surface area contributed by atoms with Crippen LogP contribution >= 0.6 is 0 Å². The Morgan fingerprint density at radius 2 is 2.26 bits per heavy atom. The molecule has 0 aromatic carbocycles. The molecule has 6 heteroatoms. The molecule has 0 unspecified atom stereocenters. The Kier molecular flexibility index (Phi) is 3.79. The summed E-state index contributed by atoms with van der Waals surface area (Å²) in [5, 5.41) is 6.97. The number of carbonyl (C=O) groups is 1. The van der Waals surface area contributed by atoms with E-state index in [4.69, 9.17) is 0 Å². The number of nitrogens with zero attached hydrogens (tertiary/aromatic N) is 4. The normalized spacial score (nSPS) is 10.3. The van der Waals surface area contributed by atoms with Crippen LogP contribution in [0.25, 0.3) is 11.3 Å². The third-order valence-electron chi connectivity index (χ3n) is 2.71. The van der Waals surface area contributed by atoms with Crippen LogP contribution in [0.1, 0.15) is 5.56 Å². The lowest BCUT2D eigenvalue weighted by atomic mass is 10.1. The highest BCUT2D eigenvalue weighted by molar-refractivity contribution is 5.74. The van der Waals surface area contributed by atoms with E-state index in [0.29, 0.717) is 6.54 Å². The predicted molar refractivity (Wildman–Crippen MR) is 72.4 cm³/mol. The van der Waals surface area contributed by atoms with Gasteiger partial charge in [-0.3, -0.25) is 9.67 Å². The molecule has 0 saturated carbocycles. The van der Waals surface area contributed by atoms with Gasteiger partial charge in [0.05, 0.1) is 11.9 Å². The Morgan fingerprint density at radius 3 is 2.89 bits per heavy atom. The molecule has 19 heavy (non-hydrogen) atoms. The van der Waals surface area contributed by atoms with E-state index in [9.17, 15) is 4.79 Å². The minimum Gasteiger partial charge on any atom is -0.334 e. The number of pyridine rings is 1. The number of hydrogen-bond donors (Lipinski definition) is 1. The van der Waals surface area contributed by atoms with Gasteiger partial charge in [0, 0.05) is 45.6 Å². The highest BCUT2D eigenvalue weighted by Crippen LogP contribution is 2.20. The second kappa shape index (κ2) is 5.51. The third kappa shape index (κ3) is 3.09. The van der Waals surface area contributed by atoms with Gasteiger partial charge in [0.1, 0.15) is 0 Å². The van der Waals surface area contributed by atoms with Crippen LogP contribution in [0.4, 0.5) is 4.79 Å². The van der Waals surface area contributed by atoms with Crippen LogP contribution in [0.3, 0.4) is 0 Å². The Hall–Kier alpha value is -2.37. The quantitative estimate of drug-likeness (QED) is 0.902. The maximum Gasteiger partial charge on any atom is 0.317 e. The van der Waals surface area contributed by atoms with E-state index < -0.39 is 0 Å². The van der Waals surface area contributed by atoms with Gasteiger partial charge >= 0.3 is 6.03 Å². The van der Waals surface area contributed by atoms with Gasteiger partial charge in [-0.1, -0.05) is 6.07 Å². The molecule has 2 amide bonds. The summed E-state index contributed by atoms with van der Waals surface area (Å²) in [5.74, 6) is 0. The molecule has 0 aliphatic carbocycles. The maximum atomic E-state index is 11.5. The standard InChI is InChI=1S/C13H17N5O/c1-17(2)13(19)15-7-10-5-4-6-14-12(10)11-8-16-18(3)9-11/h4-6,8-9H,7H2,1-3H3,(H,15,19). The number of aromatic nitrogens is 3. The molecule has 100 valence electrons. The van der Waals surface area contributed by atoms with Crippen LogP contribution in [0.15, 0.2) is 30.7 Å². The van der Waals surface area contributed by atoms with Crippen molar-refractivity contribution in [2.75, 3.05) is 14.1 Å². The second-order valence-electron chi connectivity index (χ2n) is 4.47. The van der Waals surface area contributed by atoms with Crippen molar-refractivity contribution < 1.29 is 4.79 Å². The van der Waals surface area contributed by atoms with Gasteiger partial charge in [-0.05, 0) is 11.6 Å². The lowest BCUT2D eigenvalue weighted by molar-refractivity contribution is 0.217. The number of carbonyl (C=O) groups excluding carboxylic acids is 1. The number of amides is 2. The van der Waals surface area contributed by atoms with Gasteiger partial charge in [-0.2, -0.15) is 5.10 Å². The van der Waals surface area contributed by atoms with Crippen LogP contribution in [0.5, 0.6) is 0 Å². The Balaban J connectivity index is 2.20. The van der Waals surface area contributed by atoms with E-state index in [0.717, 1.165) is 16.8 Å². The molecule has 0 radical (unpaired) electrons. The van der Waals surface area contributed by atoms with Crippen molar-refractivity contribution in [2.45, 2.75) is 6.54 Å². The van der Waals surface area contributed by atoms with E-state index in [1.807, 2.05) is 25.4 Å². The van der Waals surface area contributed by atoms with E-state index in [1.165, 1.54) is 4.90 Å². The first-order valence-corrected chi connectivity index (χ1v) is 5.96. The number of nitrogens with one attached hydrogen (secondary N) is 1. The summed E-state index contributed by atoms with van der Waals surface area (Å²) in [7, 11) is 5.28. The van der Waals surface area contributed by atoms with Gasteiger partial charge in [0.15, 0.2) is 0 Å². The van der Waals surface area contributed by atoms with Crippen molar-refractivity contribution in [3.05, 3.63) is 36.3 Å². The molecule has 0 aliphatic rings. The Morgan fingerprint density at radius 1 is 1.47 bits per heavy atom. The second-order valence-corrected chi connectivity index (χ2v) is 4.47. The van der Waals surface area contributed by atoms with Gasteiger partial charge in [-0.15, -0.1) is 0 Å². The summed E-state index contributed by atoms with van der Waals surface area (Å²) >= 11 is 0. The smallest absolute Gasteiger partial charge is 0.317 e. The van der Waals surface area contributed by atoms with Gasteiger partial charge < -0.3 is 10.2 Å². The summed E-state index contributed by atoms with van der Waals surface area (Å²) in [6.07, 6.45) is 5.40. The molecule has 2 aromatic heterocycles. The third-order valence-corrected chi connectivity index (χ3v) is 2.71. The molecule has 2 aromatic rings. The van der Waals surface area contributed by atoms with Crippen LogP contribution < -0.4 is 5.32 Å². The zero-order chi connectivity index (χ0) is 13.8. The highest BCUT2D eigenvalue weighted by Gasteiger charge is 2.09. The van der Waals surface area contributed by atoms with Crippen LogP contribution in [-0.2, 0) is 13.6 Å². The van der Waals surface area contributed by atoms with Gasteiger partial charge in [-0.25, -0.2) is 4.79 Å². The van der Waals surface area contributed by atoms with Crippen molar-refractivity contribution in [2.24, 2.45) is 7.05 Å². The summed E-state index contributed by atoms with van der Waals surface area (Å²) in [6.45, 7) is 0.440. The van der Waals surface area contributed by atoms with Gasteiger partial charge in [0.2, 0.25) is 0 Å². The number of rotatable bonds is 3.